The molecule has 1 aliphatic heterocycles. The van der Waals surface area contributed by atoms with E-state index >= 15 is 0 Å². The van der Waals surface area contributed by atoms with Gasteiger partial charge in [-0.3, -0.25) is 14.5 Å². The molecule has 1 aromatic rings. The van der Waals surface area contributed by atoms with E-state index in [9.17, 15) is 9.59 Å². The van der Waals surface area contributed by atoms with Crippen molar-refractivity contribution in [3.8, 4) is 0 Å². The summed E-state index contributed by atoms with van der Waals surface area (Å²) in [4.78, 5) is 26.4. The number of esters is 2. The van der Waals surface area contributed by atoms with Crippen molar-refractivity contribution < 1.29 is 23.8 Å². The number of nitrogens with zero attached hydrogens (tertiary/aromatic N) is 1. The summed E-state index contributed by atoms with van der Waals surface area (Å²) in [6.45, 7) is 2.42. The maximum Gasteiger partial charge on any atom is 0.322 e. The van der Waals surface area contributed by atoms with Crippen LogP contribution in [0.4, 0.5) is 0 Å². The first kappa shape index (κ1) is 16.5. The maximum absolute atomic E-state index is 12.2. The van der Waals surface area contributed by atoms with E-state index in [0.717, 1.165) is 5.56 Å². The van der Waals surface area contributed by atoms with E-state index in [1.807, 2.05) is 30.3 Å². The van der Waals surface area contributed by atoms with Crippen LogP contribution in [0.25, 0.3) is 0 Å². The van der Waals surface area contributed by atoms with E-state index in [4.69, 9.17) is 14.2 Å². The Morgan fingerprint density at radius 3 is 2.09 bits per heavy atom. The summed E-state index contributed by atoms with van der Waals surface area (Å²) < 4.78 is 15.0. The van der Waals surface area contributed by atoms with Gasteiger partial charge in [0, 0.05) is 13.1 Å². The van der Waals surface area contributed by atoms with E-state index in [-0.39, 0.29) is 0 Å². The summed E-state index contributed by atoms with van der Waals surface area (Å²) in [5, 5.41) is 0. The molecule has 0 radical (unpaired) electrons. The van der Waals surface area contributed by atoms with Crippen molar-refractivity contribution in [2.45, 2.75) is 6.04 Å². The molecule has 0 aromatic heterocycles. The first-order valence-corrected chi connectivity index (χ1v) is 7.21. The van der Waals surface area contributed by atoms with Crippen LogP contribution in [0, 0.1) is 5.92 Å². The molecule has 22 heavy (non-hydrogen) atoms. The first-order valence-electron chi connectivity index (χ1n) is 7.21. The van der Waals surface area contributed by atoms with Crippen molar-refractivity contribution in [1.82, 2.24) is 4.90 Å². The summed E-state index contributed by atoms with van der Waals surface area (Å²) in [5.41, 5.74) is 0.880. The van der Waals surface area contributed by atoms with Gasteiger partial charge in [0.25, 0.3) is 0 Å². The van der Waals surface area contributed by atoms with Gasteiger partial charge in [-0.05, 0) is 5.56 Å². The summed E-state index contributed by atoms with van der Waals surface area (Å²) >= 11 is 0. The van der Waals surface area contributed by atoms with E-state index in [2.05, 4.69) is 4.90 Å². The molecule has 0 aliphatic carbocycles. The number of carbonyl (C=O) groups excluding carboxylic acids is 2. The van der Waals surface area contributed by atoms with Crippen molar-refractivity contribution in [3.05, 3.63) is 35.9 Å². The Morgan fingerprint density at radius 2 is 1.59 bits per heavy atom. The average molecular weight is 307 g/mol. The second kappa shape index (κ2) is 7.91. The molecule has 0 bridgehead atoms. The molecule has 1 saturated heterocycles. The van der Waals surface area contributed by atoms with Crippen LogP contribution >= 0.6 is 0 Å². The number of ether oxygens (including phenoxy) is 3. The van der Waals surface area contributed by atoms with Crippen LogP contribution < -0.4 is 0 Å². The molecule has 1 aliphatic rings. The highest BCUT2D eigenvalue weighted by molar-refractivity contribution is 5.95. The molecule has 1 fully saturated rings. The van der Waals surface area contributed by atoms with E-state index < -0.39 is 23.9 Å². The SMILES string of the molecule is COC(=O)C(C(=O)OC)C(c1ccccc1)N1CCOCC1. The van der Waals surface area contributed by atoms with Gasteiger partial charge in [-0.2, -0.15) is 0 Å². The normalized spacial score (nSPS) is 17.0. The quantitative estimate of drug-likeness (QED) is 0.598. The Morgan fingerprint density at radius 1 is 1.05 bits per heavy atom. The summed E-state index contributed by atoms with van der Waals surface area (Å²) in [6, 6.07) is 9.04. The number of hydrogen-bond donors (Lipinski definition) is 0. The molecule has 120 valence electrons. The lowest BCUT2D eigenvalue weighted by molar-refractivity contribution is -0.163. The first-order chi connectivity index (χ1) is 10.7. The highest BCUT2D eigenvalue weighted by Crippen LogP contribution is 2.31. The van der Waals surface area contributed by atoms with Gasteiger partial charge in [-0.15, -0.1) is 0 Å². The fourth-order valence-electron chi connectivity index (χ4n) is 2.73. The summed E-state index contributed by atoms with van der Waals surface area (Å²) in [5.74, 6) is -2.20. The molecule has 1 atom stereocenters. The standard InChI is InChI=1S/C16H21NO5/c1-20-15(18)13(16(19)21-2)14(12-6-4-3-5-7-12)17-8-10-22-11-9-17/h3-7,13-14H,8-11H2,1-2H3. The van der Waals surface area contributed by atoms with Crippen molar-refractivity contribution in [2.24, 2.45) is 5.92 Å². The van der Waals surface area contributed by atoms with E-state index in [0.29, 0.717) is 26.3 Å². The zero-order chi connectivity index (χ0) is 15.9. The Hall–Kier alpha value is -1.92. The molecule has 0 N–H and O–H groups in total. The Bertz CT molecular complexity index is 483. The predicted molar refractivity (Wildman–Crippen MR) is 79.1 cm³/mol. The molecular formula is C16H21NO5. The number of carbonyl (C=O) groups is 2. The van der Waals surface area contributed by atoms with Gasteiger partial charge in [0.05, 0.1) is 33.5 Å². The fourth-order valence-corrected chi connectivity index (χ4v) is 2.73. The van der Waals surface area contributed by atoms with Crippen LogP contribution in [0.5, 0.6) is 0 Å². The minimum atomic E-state index is -1.02. The van der Waals surface area contributed by atoms with Crippen LogP contribution in [0.2, 0.25) is 0 Å². The van der Waals surface area contributed by atoms with Crippen molar-refractivity contribution >= 4 is 11.9 Å². The van der Waals surface area contributed by atoms with Gasteiger partial charge in [0.2, 0.25) is 0 Å². The lowest BCUT2D eigenvalue weighted by Crippen LogP contribution is -2.46. The minimum absolute atomic E-state index is 0.426. The smallest absolute Gasteiger partial charge is 0.322 e. The average Bonchev–Trinajstić information content (AvgIpc) is 2.59. The zero-order valence-electron chi connectivity index (χ0n) is 12.9. The van der Waals surface area contributed by atoms with Gasteiger partial charge in [0.15, 0.2) is 5.92 Å². The molecule has 0 saturated carbocycles. The van der Waals surface area contributed by atoms with Crippen molar-refractivity contribution in [1.29, 1.82) is 0 Å². The predicted octanol–water partition coefficient (Wildman–Crippen LogP) is 1.02. The largest absolute Gasteiger partial charge is 0.468 e. The molecular weight excluding hydrogens is 286 g/mol. The van der Waals surface area contributed by atoms with Gasteiger partial charge in [-0.1, -0.05) is 30.3 Å². The minimum Gasteiger partial charge on any atom is -0.468 e. The van der Waals surface area contributed by atoms with Crippen molar-refractivity contribution in [2.75, 3.05) is 40.5 Å². The topological polar surface area (TPSA) is 65.1 Å². The fraction of sp³-hybridized carbons (Fsp3) is 0.500. The molecule has 2 rings (SSSR count). The summed E-state index contributed by atoms with van der Waals surface area (Å²) in [7, 11) is 2.55. The third-order valence-corrected chi connectivity index (χ3v) is 3.81. The van der Waals surface area contributed by atoms with E-state index in [1.54, 1.807) is 0 Å². The Labute approximate surface area is 129 Å². The summed E-state index contributed by atoms with van der Waals surface area (Å²) in [6.07, 6.45) is 0. The van der Waals surface area contributed by atoms with Crippen molar-refractivity contribution in [3.63, 3.8) is 0 Å². The third-order valence-electron chi connectivity index (χ3n) is 3.81. The lowest BCUT2D eigenvalue weighted by atomic mass is 9.91. The van der Waals surface area contributed by atoms with Gasteiger partial charge < -0.3 is 14.2 Å². The Balaban J connectivity index is 2.40. The van der Waals surface area contributed by atoms with Crippen LogP contribution in [-0.2, 0) is 23.8 Å². The molecule has 1 heterocycles. The van der Waals surface area contributed by atoms with E-state index in [1.165, 1.54) is 14.2 Å². The van der Waals surface area contributed by atoms with Crippen LogP contribution in [-0.4, -0.2) is 57.4 Å². The molecule has 1 unspecified atom stereocenters. The molecule has 0 spiro atoms. The van der Waals surface area contributed by atoms with Gasteiger partial charge >= 0.3 is 11.9 Å². The molecule has 6 nitrogen and oxygen atoms in total. The monoisotopic (exact) mass is 307 g/mol. The maximum atomic E-state index is 12.2. The van der Waals surface area contributed by atoms with Crippen LogP contribution in [0.3, 0.4) is 0 Å². The highest BCUT2D eigenvalue weighted by Gasteiger charge is 2.41. The molecule has 6 heteroatoms. The third kappa shape index (κ3) is 3.64. The number of hydrogen-bond acceptors (Lipinski definition) is 6. The molecule has 0 amide bonds. The second-order valence-corrected chi connectivity index (χ2v) is 5.03. The zero-order valence-corrected chi connectivity index (χ0v) is 12.9. The highest BCUT2D eigenvalue weighted by atomic mass is 16.5. The van der Waals surface area contributed by atoms with Gasteiger partial charge in [0.1, 0.15) is 0 Å². The Kier molecular flexibility index (Phi) is 5.91. The number of methoxy groups -OCH3 is 2. The number of rotatable bonds is 5. The van der Waals surface area contributed by atoms with Crippen LogP contribution in [0.1, 0.15) is 11.6 Å². The molecule has 1 aromatic carbocycles. The lowest BCUT2D eigenvalue weighted by Gasteiger charge is -2.37. The van der Waals surface area contributed by atoms with Crippen LogP contribution in [0.15, 0.2) is 30.3 Å². The number of benzene rings is 1. The number of morpholine rings is 1. The van der Waals surface area contributed by atoms with Gasteiger partial charge in [-0.25, -0.2) is 0 Å². The second-order valence-electron chi connectivity index (χ2n) is 5.03.